The largest absolute Gasteiger partial charge is 2.00 e. The van der Waals surface area contributed by atoms with Crippen LogP contribution in [0.3, 0.4) is 0 Å². The van der Waals surface area contributed by atoms with E-state index in [4.69, 9.17) is 0 Å². The zero-order chi connectivity index (χ0) is 15.9. The van der Waals surface area contributed by atoms with Crippen molar-refractivity contribution in [3.05, 3.63) is 59.7 Å². The monoisotopic (exact) mass is 358 g/mol. The Morgan fingerprint density at radius 2 is 1.96 bits per heavy atom. The molecule has 0 unspecified atom stereocenters. The molecular formula is C21H27PTi. The number of rotatable bonds is 4. The minimum absolute atomic E-state index is 0. The Labute approximate surface area is 158 Å². The number of hydrogen-bond acceptors (Lipinski definition) is 0. The quantitative estimate of drug-likeness (QED) is 0.348. The minimum atomic E-state index is 0. The van der Waals surface area contributed by atoms with E-state index < -0.39 is 0 Å². The normalized spacial score (nSPS) is 13.3. The zero-order valence-corrected chi connectivity index (χ0v) is 17.3. The molecular weight excluding hydrogens is 331 g/mol. The summed E-state index contributed by atoms with van der Waals surface area (Å²) in [6, 6.07) is 13.2. The predicted octanol–water partition coefficient (Wildman–Crippen LogP) is 6.18. The molecule has 0 aliphatic heterocycles. The van der Waals surface area contributed by atoms with Crippen molar-refractivity contribution in [1.82, 2.24) is 0 Å². The fraction of sp³-hybridized carbons (Fsp3) is 0.381. The molecule has 0 heterocycles. The van der Waals surface area contributed by atoms with E-state index in [1.54, 1.807) is 0 Å². The molecule has 0 saturated carbocycles. The number of allylic oxidation sites excluding steroid dienone is 4. The van der Waals surface area contributed by atoms with Gasteiger partial charge in [-0.1, -0.05) is 32.3 Å². The third kappa shape index (κ3) is 6.11. The SMILES string of the molecule is CCCCC1=[C-]CC=C1C.CP(C)c1cc2ccccc2[cH-]1.[Ti+2]. The molecule has 0 nitrogen and oxygen atoms in total. The number of hydrogen-bond donors (Lipinski definition) is 0. The van der Waals surface area contributed by atoms with Crippen molar-refractivity contribution in [2.45, 2.75) is 39.5 Å². The number of benzene rings is 1. The van der Waals surface area contributed by atoms with Gasteiger partial charge < -0.3 is 0 Å². The van der Waals surface area contributed by atoms with Gasteiger partial charge in [-0.15, -0.1) is 61.6 Å². The first-order chi connectivity index (χ1) is 10.6. The van der Waals surface area contributed by atoms with Gasteiger partial charge in [-0.25, -0.2) is 11.1 Å². The number of unbranched alkanes of at least 4 members (excludes halogenated alkanes) is 1. The van der Waals surface area contributed by atoms with Gasteiger partial charge in [-0.2, -0.15) is 12.1 Å². The van der Waals surface area contributed by atoms with Crippen LogP contribution in [-0.2, 0) is 21.7 Å². The van der Waals surface area contributed by atoms with E-state index >= 15 is 0 Å². The van der Waals surface area contributed by atoms with Crippen molar-refractivity contribution in [1.29, 1.82) is 0 Å². The van der Waals surface area contributed by atoms with Gasteiger partial charge in [0, 0.05) is 0 Å². The molecule has 2 aromatic rings. The van der Waals surface area contributed by atoms with E-state index in [1.165, 1.54) is 46.5 Å². The van der Waals surface area contributed by atoms with Crippen molar-refractivity contribution >= 4 is 24.0 Å². The summed E-state index contributed by atoms with van der Waals surface area (Å²) in [6.07, 6.45) is 10.5. The number of fused-ring (bicyclic) bond motifs is 1. The van der Waals surface area contributed by atoms with E-state index in [9.17, 15) is 0 Å². The van der Waals surface area contributed by atoms with E-state index in [2.05, 4.69) is 75.7 Å². The molecule has 1 aliphatic carbocycles. The van der Waals surface area contributed by atoms with Gasteiger partial charge in [0.05, 0.1) is 0 Å². The maximum absolute atomic E-state index is 3.37. The van der Waals surface area contributed by atoms with Crippen molar-refractivity contribution in [3.8, 4) is 0 Å². The van der Waals surface area contributed by atoms with Crippen LogP contribution < -0.4 is 5.30 Å². The van der Waals surface area contributed by atoms with E-state index in [-0.39, 0.29) is 29.6 Å². The summed E-state index contributed by atoms with van der Waals surface area (Å²) in [6.45, 7) is 9.01. The summed E-state index contributed by atoms with van der Waals surface area (Å²) < 4.78 is 0. The van der Waals surface area contributed by atoms with Crippen LogP contribution >= 0.6 is 7.92 Å². The Kier molecular flexibility index (Phi) is 9.22. The molecule has 0 saturated heterocycles. The van der Waals surface area contributed by atoms with E-state index in [0.717, 1.165) is 6.42 Å². The standard InChI is InChI=1S/C11H12P.C10H15.Ti/c1-12(2)11-7-9-5-3-4-6-10(9)8-11;1-3-4-7-10-8-5-6-9(10)2;/h3-8H,1-2H3;6H,3-5,7H2,1-2H3;/q2*-1;+2. The van der Waals surface area contributed by atoms with Crippen LogP contribution in [0.5, 0.6) is 0 Å². The molecule has 1 aliphatic rings. The molecule has 0 bridgehead atoms. The molecule has 0 N–H and O–H groups in total. The van der Waals surface area contributed by atoms with Crippen LogP contribution in [0.25, 0.3) is 10.8 Å². The topological polar surface area (TPSA) is 0 Å². The molecule has 0 spiro atoms. The zero-order valence-electron chi connectivity index (χ0n) is 14.8. The fourth-order valence-corrected chi connectivity index (χ4v) is 3.42. The Balaban J connectivity index is 0.000000224. The van der Waals surface area contributed by atoms with Gasteiger partial charge in [-0.3, -0.25) is 6.08 Å². The van der Waals surface area contributed by atoms with Crippen LogP contribution in [0, 0.1) is 6.08 Å². The first kappa shape index (κ1) is 20.5. The smallest absolute Gasteiger partial charge is 0.269 e. The summed E-state index contributed by atoms with van der Waals surface area (Å²) in [4.78, 5) is 0. The molecule has 120 valence electrons. The maximum Gasteiger partial charge on any atom is 2.00 e. The maximum atomic E-state index is 3.37. The van der Waals surface area contributed by atoms with Gasteiger partial charge in [0.2, 0.25) is 0 Å². The predicted molar refractivity (Wildman–Crippen MR) is 103 cm³/mol. The Hall–Kier alpha value is -0.546. The van der Waals surface area contributed by atoms with Crippen molar-refractivity contribution in [3.63, 3.8) is 0 Å². The average molecular weight is 358 g/mol. The summed E-state index contributed by atoms with van der Waals surface area (Å²) in [5.41, 5.74) is 2.91. The first-order valence-electron chi connectivity index (χ1n) is 8.21. The van der Waals surface area contributed by atoms with Crippen LogP contribution in [0.2, 0.25) is 0 Å². The molecule has 0 aromatic heterocycles. The molecule has 0 atom stereocenters. The van der Waals surface area contributed by atoms with Crippen LogP contribution in [0.1, 0.15) is 39.5 Å². The van der Waals surface area contributed by atoms with E-state index in [0.29, 0.717) is 0 Å². The van der Waals surface area contributed by atoms with Gasteiger partial charge in [0.1, 0.15) is 0 Å². The van der Waals surface area contributed by atoms with Crippen LogP contribution in [0.4, 0.5) is 0 Å². The molecule has 2 heteroatoms. The van der Waals surface area contributed by atoms with Gasteiger partial charge in [0.25, 0.3) is 0 Å². The second kappa shape index (κ2) is 10.3. The molecule has 0 radical (unpaired) electrons. The third-order valence-electron chi connectivity index (χ3n) is 4.10. The Morgan fingerprint density at radius 3 is 2.52 bits per heavy atom. The third-order valence-corrected chi connectivity index (χ3v) is 5.39. The average Bonchev–Trinajstić information content (AvgIpc) is 3.11. The molecule has 23 heavy (non-hydrogen) atoms. The van der Waals surface area contributed by atoms with E-state index in [1.807, 2.05) is 0 Å². The Morgan fingerprint density at radius 1 is 1.22 bits per heavy atom. The molecule has 0 amide bonds. The summed E-state index contributed by atoms with van der Waals surface area (Å²) in [5, 5.41) is 4.26. The Bertz CT molecular complexity index is 628. The second-order valence-electron chi connectivity index (χ2n) is 6.09. The van der Waals surface area contributed by atoms with Crippen molar-refractivity contribution < 1.29 is 21.7 Å². The molecule has 0 fully saturated rings. The summed E-state index contributed by atoms with van der Waals surface area (Å²) in [7, 11) is 0.0576. The fourth-order valence-electron chi connectivity index (χ4n) is 2.62. The van der Waals surface area contributed by atoms with Crippen LogP contribution in [0.15, 0.2) is 53.6 Å². The van der Waals surface area contributed by atoms with Gasteiger partial charge in [0.15, 0.2) is 0 Å². The summed E-state index contributed by atoms with van der Waals surface area (Å²) in [5.74, 6) is 0. The first-order valence-corrected chi connectivity index (χ1v) is 10.4. The van der Waals surface area contributed by atoms with Crippen molar-refractivity contribution in [2.24, 2.45) is 0 Å². The second-order valence-corrected chi connectivity index (χ2v) is 8.39. The van der Waals surface area contributed by atoms with Crippen LogP contribution in [-0.4, -0.2) is 13.3 Å². The van der Waals surface area contributed by atoms with Crippen molar-refractivity contribution in [2.75, 3.05) is 13.3 Å². The molecule has 3 rings (SSSR count). The summed E-state index contributed by atoms with van der Waals surface area (Å²) >= 11 is 0. The minimum Gasteiger partial charge on any atom is -0.269 e. The van der Waals surface area contributed by atoms with Gasteiger partial charge >= 0.3 is 21.7 Å². The van der Waals surface area contributed by atoms with Gasteiger partial charge in [-0.05, 0) is 13.3 Å². The molecule has 2 aromatic carbocycles.